The maximum atomic E-state index is 6.09. The fourth-order valence-electron chi connectivity index (χ4n) is 2.60. The third-order valence-corrected chi connectivity index (χ3v) is 5.23. The molecule has 0 saturated carbocycles. The minimum atomic E-state index is 0.477. The van der Waals surface area contributed by atoms with Crippen LogP contribution in [0.2, 0.25) is 10.0 Å². The van der Waals surface area contributed by atoms with Crippen molar-refractivity contribution in [3.63, 3.8) is 0 Å². The molecule has 4 nitrogen and oxygen atoms in total. The van der Waals surface area contributed by atoms with E-state index >= 15 is 0 Å². The quantitative estimate of drug-likeness (QED) is 0.399. The van der Waals surface area contributed by atoms with Gasteiger partial charge in [-0.2, -0.15) is 0 Å². The summed E-state index contributed by atoms with van der Waals surface area (Å²) in [5.74, 6) is 0. The number of thiazole rings is 1. The Labute approximate surface area is 138 Å². The Hall–Kier alpha value is -1.95. The minimum Gasteiger partial charge on any atom is -0.265 e. The number of nitrogens with zero attached hydrogens (tertiary/aromatic N) is 4. The van der Waals surface area contributed by atoms with E-state index in [1.165, 1.54) is 11.3 Å². The van der Waals surface area contributed by atoms with E-state index in [1.54, 1.807) is 12.1 Å². The van der Waals surface area contributed by atoms with E-state index in [2.05, 4.69) is 9.97 Å². The minimum absolute atomic E-state index is 0.477. The van der Waals surface area contributed by atoms with Crippen LogP contribution in [0.5, 0.6) is 0 Å². The molecule has 0 amide bonds. The summed E-state index contributed by atoms with van der Waals surface area (Å²) >= 11 is 13.7. The molecule has 0 bridgehead atoms. The van der Waals surface area contributed by atoms with Crippen molar-refractivity contribution in [1.82, 2.24) is 19.4 Å². The molecule has 3 heterocycles. The maximum Gasteiger partial charge on any atom is 0.198 e. The van der Waals surface area contributed by atoms with Gasteiger partial charge in [-0.15, -0.1) is 0 Å². The Morgan fingerprint density at radius 1 is 0.864 bits per heavy atom. The number of hydrogen-bond donors (Lipinski definition) is 0. The van der Waals surface area contributed by atoms with Crippen LogP contribution in [0.3, 0.4) is 0 Å². The fraction of sp³-hybridized carbons (Fsp3) is 0. The molecule has 0 aliphatic rings. The smallest absolute Gasteiger partial charge is 0.198 e. The van der Waals surface area contributed by atoms with Crippen LogP contribution in [0.1, 0.15) is 0 Å². The molecule has 0 aliphatic heterocycles. The predicted octanol–water partition coefficient (Wildman–Crippen LogP) is 4.95. The van der Waals surface area contributed by atoms with Gasteiger partial charge in [0.15, 0.2) is 15.4 Å². The first-order chi connectivity index (χ1) is 10.7. The van der Waals surface area contributed by atoms with Gasteiger partial charge in [-0.25, -0.2) is 15.0 Å². The summed E-state index contributed by atoms with van der Waals surface area (Å²) in [5.41, 5.74) is 4.22. The number of para-hydroxylation sites is 2. The number of benzene rings is 2. The first-order valence-electron chi connectivity index (χ1n) is 6.53. The van der Waals surface area contributed by atoms with Gasteiger partial charge in [-0.05, 0) is 24.3 Å². The molecule has 2 aromatic carbocycles. The molecule has 0 saturated heterocycles. The van der Waals surface area contributed by atoms with Crippen molar-refractivity contribution in [3.05, 3.63) is 46.4 Å². The van der Waals surface area contributed by atoms with Gasteiger partial charge in [0.05, 0.1) is 32.1 Å². The van der Waals surface area contributed by atoms with Crippen LogP contribution in [-0.2, 0) is 0 Å². The normalized spacial score (nSPS) is 12.1. The fourth-order valence-corrected chi connectivity index (χ4v) is 3.88. The summed E-state index contributed by atoms with van der Waals surface area (Å²) in [6.07, 6.45) is 0. The number of aromatic nitrogens is 4. The van der Waals surface area contributed by atoms with Crippen LogP contribution in [0.4, 0.5) is 0 Å². The highest BCUT2D eigenvalue weighted by Gasteiger charge is 2.14. The van der Waals surface area contributed by atoms with Crippen LogP contribution >= 0.6 is 34.5 Å². The largest absolute Gasteiger partial charge is 0.265 e. The molecule has 5 rings (SSSR count). The van der Waals surface area contributed by atoms with E-state index in [0.717, 1.165) is 37.5 Å². The number of rotatable bonds is 0. The number of halogens is 2. The zero-order valence-corrected chi connectivity index (χ0v) is 13.2. The molecule has 7 heteroatoms. The Bertz CT molecular complexity index is 1210. The molecule has 0 fully saturated rings. The van der Waals surface area contributed by atoms with Gasteiger partial charge in [0.1, 0.15) is 0 Å². The van der Waals surface area contributed by atoms with E-state index in [1.807, 2.05) is 28.7 Å². The van der Waals surface area contributed by atoms with Gasteiger partial charge >= 0.3 is 0 Å². The average molecular weight is 345 g/mol. The summed E-state index contributed by atoms with van der Waals surface area (Å²) in [5, 5.41) is 0.958. The van der Waals surface area contributed by atoms with Crippen LogP contribution < -0.4 is 0 Å². The van der Waals surface area contributed by atoms with Gasteiger partial charge in [0, 0.05) is 0 Å². The molecule has 0 unspecified atom stereocenters. The van der Waals surface area contributed by atoms with Crippen LogP contribution in [0, 0.1) is 0 Å². The first kappa shape index (κ1) is 12.6. The van der Waals surface area contributed by atoms with E-state index < -0.39 is 0 Å². The molecule has 22 heavy (non-hydrogen) atoms. The lowest BCUT2D eigenvalue weighted by Crippen LogP contribution is -1.89. The average Bonchev–Trinajstić information content (AvgIpc) is 3.02. The number of fused-ring (bicyclic) bond motifs is 6. The van der Waals surface area contributed by atoms with Gasteiger partial charge in [-0.1, -0.05) is 46.7 Å². The SMILES string of the molecule is Clc1cc2nc3sc4nc5ccccc5n4c3nc2cc1Cl. The molecule has 0 radical (unpaired) electrons. The van der Waals surface area contributed by atoms with Crippen molar-refractivity contribution in [3.8, 4) is 0 Å². The van der Waals surface area contributed by atoms with E-state index in [9.17, 15) is 0 Å². The molecule has 3 aromatic heterocycles. The summed E-state index contributed by atoms with van der Waals surface area (Å²) in [6, 6.07) is 11.5. The first-order valence-corrected chi connectivity index (χ1v) is 8.10. The van der Waals surface area contributed by atoms with Crippen molar-refractivity contribution in [2.24, 2.45) is 0 Å². The van der Waals surface area contributed by atoms with E-state index in [0.29, 0.717) is 10.0 Å². The van der Waals surface area contributed by atoms with E-state index in [4.69, 9.17) is 28.2 Å². The zero-order valence-electron chi connectivity index (χ0n) is 10.9. The van der Waals surface area contributed by atoms with Crippen molar-refractivity contribution in [1.29, 1.82) is 0 Å². The molecule has 0 spiro atoms. The van der Waals surface area contributed by atoms with Crippen molar-refractivity contribution < 1.29 is 0 Å². The highest BCUT2D eigenvalue weighted by molar-refractivity contribution is 7.23. The van der Waals surface area contributed by atoms with E-state index in [-0.39, 0.29) is 0 Å². The van der Waals surface area contributed by atoms with Crippen molar-refractivity contribution in [2.75, 3.05) is 0 Å². The highest BCUT2D eigenvalue weighted by Crippen LogP contribution is 2.31. The Morgan fingerprint density at radius 2 is 1.59 bits per heavy atom. The summed E-state index contributed by atoms with van der Waals surface area (Å²) in [6.45, 7) is 0. The molecule has 5 aromatic rings. The Balaban J connectivity index is 2.00. The Morgan fingerprint density at radius 3 is 2.41 bits per heavy atom. The number of hydrogen-bond acceptors (Lipinski definition) is 4. The molecule has 0 aliphatic carbocycles. The second-order valence-corrected chi connectivity index (χ2v) is 6.70. The van der Waals surface area contributed by atoms with Crippen LogP contribution in [0.15, 0.2) is 36.4 Å². The standard InChI is InChI=1S/C15H6Cl2N4S/c16-7-5-10-11(6-8(7)17)19-14-13(18-10)21-12-4-2-1-3-9(12)20-15(21)22-14/h1-6H. The summed E-state index contributed by atoms with van der Waals surface area (Å²) in [7, 11) is 0. The highest BCUT2D eigenvalue weighted by atomic mass is 35.5. The molecule has 0 N–H and O–H groups in total. The van der Waals surface area contributed by atoms with Gasteiger partial charge < -0.3 is 0 Å². The predicted molar refractivity (Wildman–Crippen MR) is 91.2 cm³/mol. The van der Waals surface area contributed by atoms with Crippen LogP contribution in [-0.4, -0.2) is 19.4 Å². The van der Waals surface area contributed by atoms with Crippen molar-refractivity contribution >= 4 is 72.0 Å². The maximum absolute atomic E-state index is 6.09. The number of imidazole rings is 1. The lowest BCUT2D eigenvalue weighted by Gasteiger charge is -2.00. The van der Waals surface area contributed by atoms with Gasteiger partial charge in [-0.3, -0.25) is 4.40 Å². The Kier molecular flexibility index (Phi) is 2.45. The third kappa shape index (κ3) is 1.61. The lowest BCUT2D eigenvalue weighted by molar-refractivity contribution is 1.26. The summed E-state index contributed by atoms with van der Waals surface area (Å²) in [4.78, 5) is 15.7. The molecule has 106 valence electrons. The molecule has 0 atom stereocenters. The summed E-state index contributed by atoms with van der Waals surface area (Å²) < 4.78 is 2.03. The third-order valence-electron chi connectivity index (χ3n) is 3.59. The zero-order chi connectivity index (χ0) is 14.8. The second-order valence-electron chi connectivity index (χ2n) is 4.93. The second kappa shape index (κ2) is 4.29. The van der Waals surface area contributed by atoms with Gasteiger partial charge in [0.2, 0.25) is 0 Å². The molecular weight excluding hydrogens is 339 g/mol. The van der Waals surface area contributed by atoms with Crippen LogP contribution in [0.25, 0.3) is 37.5 Å². The topological polar surface area (TPSA) is 43.1 Å². The monoisotopic (exact) mass is 344 g/mol. The van der Waals surface area contributed by atoms with Gasteiger partial charge in [0.25, 0.3) is 0 Å². The van der Waals surface area contributed by atoms with Crippen molar-refractivity contribution in [2.45, 2.75) is 0 Å². The lowest BCUT2D eigenvalue weighted by atomic mass is 10.3. The molecular formula is C15H6Cl2N4S.